The fourth-order valence-corrected chi connectivity index (χ4v) is 2.38. The number of rotatable bonds is 4. The molecule has 3 aromatic rings. The fraction of sp³-hybridized carbons (Fsp3) is 0.0588. The lowest BCUT2D eigenvalue weighted by molar-refractivity contribution is 0.877. The lowest BCUT2D eigenvalue weighted by Gasteiger charge is -2.06. The molecule has 1 N–H and O–H groups in total. The molecule has 1 aromatic heterocycles. The smallest absolute Gasteiger partial charge is 0.148 e. The molecule has 5 heteroatoms. The Morgan fingerprint density at radius 3 is 2.68 bits per heavy atom. The number of para-hydroxylation sites is 1. The average Bonchev–Trinajstić information content (AvgIpc) is 3.02. The molecule has 0 unspecified atom stereocenters. The van der Waals surface area contributed by atoms with E-state index in [-0.39, 0.29) is 0 Å². The summed E-state index contributed by atoms with van der Waals surface area (Å²) in [5.41, 5.74) is 2.44. The van der Waals surface area contributed by atoms with Crippen LogP contribution in [0.5, 0.6) is 0 Å². The minimum Gasteiger partial charge on any atom is -0.364 e. The van der Waals surface area contributed by atoms with Crippen LogP contribution in [0.1, 0.15) is 11.1 Å². The van der Waals surface area contributed by atoms with E-state index in [1.54, 1.807) is 10.7 Å². The van der Waals surface area contributed by atoms with Crippen molar-refractivity contribution in [1.29, 1.82) is 5.26 Å². The topological polar surface area (TPSA) is 53.6 Å². The summed E-state index contributed by atoms with van der Waals surface area (Å²) >= 11 is 6.16. The molecule has 3 rings (SSSR count). The molecule has 2 aromatic carbocycles. The van der Waals surface area contributed by atoms with Gasteiger partial charge in [0.25, 0.3) is 0 Å². The maximum absolute atomic E-state index is 9.09. The molecule has 1 heterocycles. The maximum Gasteiger partial charge on any atom is 0.148 e. The van der Waals surface area contributed by atoms with Crippen molar-refractivity contribution in [2.75, 3.05) is 5.32 Å². The second-order valence-electron chi connectivity index (χ2n) is 4.72. The Hall–Kier alpha value is -2.77. The molecule has 108 valence electrons. The highest BCUT2D eigenvalue weighted by atomic mass is 35.5. The molecule has 0 spiro atoms. The number of nitrogens with one attached hydrogen (secondary N) is 1. The van der Waals surface area contributed by atoms with E-state index in [9.17, 15) is 0 Å². The lowest BCUT2D eigenvalue weighted by Crippen LogP contribution is -2.03. The number of hydrogen-bond donors (Lipinski definition) is 1. The van der Waals surface area contributed by atoms with E-state index in [0.717, 1.165) is 17.1 Å². The molecule has 0 aliphatic carbocycles. The van der Waals surface area contributed by atoms with Crippen LogP contribution in [-0.2, 0) is 6.54 Å². The van der Waals surface area contributed by atoms with Crippen molar-refractivity contribution in [1.82, 2.24) is 9.78 Å². The van der Waals surface area contributed by atoms with Crippen molar-refractivity contribution in [2.24, 2.45) is 0 Å². The van der Waals surface area contributed by atoms with Gasteiger partial charge in [-0.05, 0) is 23.8 Å². The van der Waals surface area contributed by atoms with Gasteiger partial charge in [0.15, 0.2) is 0 Å². The minimum absolute atomic E-state index is 0.545. The summed E-state index contributed by atoms with van der Waals surface area (Å²) in [5, 5.41) is 17.4. The second kappa shape index (κ2) is 6.33. The zero-order valence-electron chi connectivity index (χ0n) is 11.7. The third-order valence-corrected chi connectivity index (χ3v) is 3.61. The highest BCUT2D eigenvalue weighted by Gasteiger charge is 2.05. The van der Waals surface area contributed by atoms with Gasteiger partial charge >= 0.3 is 0 Å². The summed E-state index contributed by atoms with van der Waals surface area (Å²) in [5.74, 6) is 0.729. The SMILES string of the molecule is N#Cc1ccccc1CNc1ccn(-c2ccccc2Cl)n1. The van der Waals surface area contributed by atoms with Crippen molar-refractivity contribution in [3.05, 3.63) is 76.9 Å². The molecule has 0 amide bonds. The van der Waals surface area contributed by atoms with E-state index in [2.05, 4.69) is 16.5 Å². The Labute approximate surface area is 133 Å². The Kier molecular flexibility index (Phi) is 4.08. The van der Waals surface area contributed by atoms with E-state index >= 15 is 0 Å². The monoisotopic (exact) mass is 308 g/mol. The third-order valence-electron chi connectivity index (χ3n) is 3.29. The van der Waals surface area contributed by atoms with Gasteiger partial charge in [-0.2, -0.15) is 10.4 Å². The van der Waals surface area contributed by atoms with Crippen molar-refractivity contribution in [3.8, 4) is 11.8 Å². The number of aromatic nitrogens is 2. The first-order chi connectivity index (χ1) is 10.8. The number of benzene rings is 2. The summed E-state index contributed by atoms with van der Waals surface area (Å²) in [6, 6.07) is 19.1. The van der Waals surface area contributed by atoms with Crippen LogP contribution in [0.4, 0.5) is 5.82 Å². The van der Waals surface area contributed by atoms with Gasteiger partial charge < -0.3 is 5.32 Å². The minimum atomic E-state index is 0.545. The van der Waals surface area contributed by atoms with Crippen LogP contribution >= 0.6 is 11.6 Å². The van der Waals surface area contributed by atoms with Gasteiger partial charge in [0, 0.05) is 18.8 Å². The molecular formula is C17H13ClN4. The van der Waals surface area contributed by atoms with Gasteiger partial charge in [-0.1, -0.05) is 41.9 Å². The third kappa shape index (κ3) is 2.95. The number of halogens is 1. The van der Waals surface area contributed by atoms with Gasteiger partial charge in [-0.3, -0.25) is 0 Å². The number of nitrogens with zero attached hydrogens (tertiary/aromatic N) is 3. The first-order valence-corrected chi connectivity index (χ1v) is 7.18. The van der Waals surface area contributed by atoms with Gasteiger partial charge in [0.05, 0.1) is 22.3 Å². The summed E-state index contributed by atoms with van der Waals surface area (Å²) in [6.07, 6.45) is 1.85. The van der Waals surface area contributed by atoms with Gasteiger partial charge in [0.1, 0.15) is 5.82 Å². The predicted octanol–water partition coefficient (Wildman–Crippen LogP) is 4.01. The van der Waals surface area contributed by atoms with E-state index in [1.165, 1.54) is 0 Å². The molecule has 0 atom stereocenters. The second-order valence-corrected chi connectivity index (χ2v) is 5.13. The highest BCUT2D eigenvalue weighted by Crippen LogP contribution is 2.20. The van der Waals surface area contributed by atoms with Crippen LogP contribution in [0.2, 0.25) is 5.02 Å². The van der Waals surface area contributed by atoms with Crippen LogP contribution < -0.4 is 5.32 Å². The van der Waals surface area contributed by atoms with E-state index in [4.69, 9.17) is 16.9 Å². The van der Waals surface area contributed by atoms with Crippen molar-refractivity contribution >= 4 is 17.4 Å². The molecule has 0 radical (unpaired) electrons. The molecule has 22 heavy (non-hydrogen) atoms. The Morgan fingerprint density at radius 2 is 1.86 bits per heavy atom. The van der Waals surface area contributed by atoms with Gasteiger partial charge in [-0.15, -0.1) is 0 Å². The van der Waals surface area contributed by atoms with Crippen LogP contribution in [0.25, 0.3) is 5.69 Å². The van der Waals surface area contributed by atoms with E-state index in [0.29, 0.717) is 17.1 Å². The van der Waals surface area contributed by atoms with E-state index < -0.39 is 0 Å². The van der Waals surface area contributed by atoms with Crippen molar-refractivity contribution in [2.45, 2.75) is 6.54 Å². The molecule has 0 bridgehead atoms. The van der Waals surface area contributed by atoms with Crippen LogP contribution in [0.3, 0.4) is 0 Å². The molecule has 4 nitrogen and oxygen atoms in total. The van der Waals surface area contributed by atoms with Gasteiger partial charge in [-0.25, -0.2) is 4.68 Å². The molecule has 0 aliphatic rings. The normalized spacial score (nSPS) is 10.2. The summed E-state index contributed by atoms with van der Waals surface area (Å²) in [6.45, 7) is 0.545. The Bertz CT molecular complexity index is 832. The largest absolute Gasteiger partial charge is 0.364 e. The molecular weight excluding hydrogens is 296 g/mol. The van der Waals surface area contributed by atoms with Gasteiger partial charge in [0.2, 0.25) is 0 Å². The van der Waals surface area contributed by atoms with Crippen molar-refractivity contribution in [3.63, 3.8) is 0 Å². The first kappa shape index (κ1) is 14.2. The predicted molar refractivity (Wildman–Crippen MR) is 87.1 cm³/mol. The zero-order valence-corrected chi connectivity index (χ0v) is 12.5. The maximum atomic E-state index is 9.09. The van der Waals surface area contributed by atoms with Crippen LogP contribution in [-0.4, -0.2) is 9.78 Å². The molecule has 0 saturated carbocycles. The quantitative estimate of drug-likeness (QED) is 0.792. The fourth-order valence-electron chi connectivity index (χ4n) is 2.16. The summed E-state index contributed by atoms with van der Waals surface area (Å²) < 4.78 is 1.72. The first-order valence-electron chi connectivity index (χ1n) is 6.80. The van der Waals surface area contributed by atoms with Crippen LogP contribution in [0, 0.1) is 11.3 Å². The van der Waals surface area contributed by atoms with Crippen LogP contribution in [0.15, 0.2) is 60.8 Å². The number of hydrogen-bond acceptors (Lipinski definition) is 3. The zero-order chi connectivity index (χ0) is 15.4. The Morgan fingerprint density at radius 1 is 1.09 bits per heavy atom. The molecule has 0 saturated heterocycles. The summed E-state index contributed by atoms with van der Waals surface area (Å²) in [7, 11) is 0. The average molecular weight is 309 g/mol. The molecule has 0 aliphatic heterocycles. The Balaban J connectivity index is 1.76. The summed E-state index contributed by atoms with van der Waals surface area (Å²) in [4.78, 5) is 0. The number of anilines is 1. The molecule has 0 fully saturated rings. The van der Waals surface area contributed by atoms with E-state index in [1.807, 2.05) is 54.7 Å². The standard InChI is InChI=1S/C17H13ClN4/c18-15-7-3-4-8-16(15)22-10-9-17(21-22)20-12-14-6-2-1-5-13(14)11-19/h1-10H,12H2,(H,20,21). The van der Waals surface area contributed by atoms with Crippen molar-refractivity contribution < 1.29 is 0 Å². The number of nitriles is 1. The highest BCUT2D eigenvalue weighted by molar-refractivity contribution is 6.32. The lowest BCUT2D eigenvalue weighted by atomic mass is 10.1.